The molecule has 1 aromatic heterocycles. The molecule has 2 heterocycles. The molecule has 0 radical (unpaired) electrons. The SMILES string of the molecule is CC(N)C1CCCN(C(=O)c2cc(C3CC3)[nH]n2)C1. The number of nitrogens with one attached hydrogen (secondary N) is 1. The van der Waals surface area contributed by atoms with E-state index in [4.69, 9.17) is 5.73 Å². The molecule has 1 aromatic rings. The highest BCUT2D eigenvalue weighted by Crippen LogP contribution is 2.39. The largest absolute Gasteiger partial charge is 0.337 e. The van der Waals surface area contributed by atoms with Gasteiger partial charge < -0.3 is 10.6 Å². The van der Waals surface area contributed by atoms with E-state index >= 15 is 0 Å². The summed E-state index contributed by atoms with van der Waals surface area (Å²) in [6.45, 7) is 3.62. The van der Waals surface area contributed by atoms with Crippen molar-refractivity contribution < 1.29 is 4.79 Å². The van der Waals surface area contributed by atoms with Gasteiger partial charge in [-0.05, 0) is 44.6 Å². The summed E-state index contributed by atoms with van der Waals surface area (Å²) < 4.78 is 0. The summed E-state index contributed by atoms with van der Waals surface area (Å²) in [7, 11) is 0. The van der Waals surface area contributed by atoms with Crippen molar-refractivity contribution in [2.45, 2.75) is 44.6 Å². The van der Waals surface area contributed by atoms with Gasteiger partial charge >= 0.3 is 0 Å². The number of rotatable bonds is 3. The second-order valence-electron chi connectivity index (χ2n) is 6.00. The Morgan fingerprint density at radius 1 is 1.53 bits per heavy atom. The third-order valence-corrected chi connectivity index (χ3v) is 4.32. The summed E-state index contributed by atoms with van der Waals surface area (Å²) in [5.41, 5.74) is 7.64. The van der Waals surface area contributed by atoms with Crippen molar-refractivity contribution in [3.8, 4) is 0 Å². The summed E-state index contributed by atoms with van der Waals surface area (Å²) in [6, 6.07) is 2.08. The van der Waals surface area contributed by atoms with Gasteiger partial charge in [-0.25, -0.2) is 0 Å². The van der Waals surface area contributed by atoms with Crippen LogP contribution in [-0.2, 0) is 0 Å². The lowest BCUT2D eigenvalue weighted by Crippen LogP contribution is -2.45. The lowest BCUT2D eigenvalue weighted by Gasteiger charge is -2.34. The van der Waals surface area contributed by atoms with E-state index in [0.717, 1.165) is 31.6 Å². The van der Waals surface area contributed by atoms with Gasteiger partial charge in [0, 0.05) is 30.7 Å². The highest BCUT2D eigenvalue weighted by Gasteiger charge is 2.30. The van der Waals surface area contributed by atoms with Crippen molar-refractivity contribution in [2.24, 2.45) is 11.7 Å². The van der Waals surface area contributed by atoms with Crippen LogP contribution in [0.15, 0.2) is 6.07 Å². The van der Waals surface area contributed by atoms with Crippen LogP contribution in [0.3, 0.4) is 0 Å². The molecule has 1 amide bonds. The van der Waals surface area contributed by atoms with Crippen LogP contribution < -0.4 is 5.73 Å². The summed E-state index contributed by atoms with van der Waals surface area (Å²) in [5.74, 6) is 1.07. The minimum Gasteiger partial charge on any atom is -0.337 e. The third kappa shape index (κ3) is 2.66. The van der Waals surface area contributed by atoms with Crippen molar-refractivity contribution in [1.82, 2.24) is 15.1 Å². The number of H-pyrrole nitrogens is 1. The van der Waals surface area contributed by atoms with E-state index in [1.165, 1.54) is 12.8 Å². The van der Waals surface area contributed by atoms with Crippen molar-refractivity contribution in [1.29, 1.82) is 0 Å². The normalized spacial score (nSPS) is 25.4. The van der Waals surface area contributed by atoms with Gasteiger partial charge in [-0.15, -0.1) is 0 Å². The number of piperidine rings is 1. The maximum Gasteiger partial charge on any atom is 0.274 e. The van der Waals surface area contributed by atoms with Crippen LogP contribution in [0.5, 0.6) is 0 Å². The van der Waals surface area contributed by atoms with Gasteiger partial charge in [0.1, 0.15) is 5.69 Å². The average Bonchev–Trinajstić information content (AvgIpc) is 3.16. The highest BCUT2D eigenvalue weighted by molar-refractivity contribution is 5.92. The molecule has 0 aromatic carbocycles. The first-order valence-electron chi connectivity index (χ1n) is 7.25. The molecule has 104 valence electrons. The topological polar surface area (TPSA) is 75.0 Å². The molecule has 0 bridgehead atoms. The molecule has 19 heavy (non-hydrogen) atoms. The van der Waals surface area contributed by atoms with Gasteiger partial charge in [-0.2, -0.15) is 5.10 Å². The zero-order valence-corrected chi connectivity index (χ0v) is 11.4. The molecule has 3 rings (SSSR count). The Morgan fingerprint density at radius 3 is 3.00 bits per heavy atom. The molecule has 1 aliphatic heterocycles. The molecule has 2 aliphatic rings. The monoisotopic (exact) mass is 262 g/mol. The van der Waals surface area contributed by atoms with Crippen molar-refractivity contribution >= 4 is 5.91 Å². The number of nitrogens with two attached hydrogens (primary N) is 1. The molecular weight excluding hydrogens is 240 g/mol. The maximum atomic E-state index is 12.4. The van der Waals surface area contributed by atoms with Gasteiger partial charge in [-0.3, -0.25) is 9.89 Å². The number of hydrogen-bond donors (Lipinski definition) is 2. The Balaban J connectivity index is 1.68. The average molecular weight is 262 g/mol. The minimum absolute atomic E-state index is 0.0495. The Kier molecular flexibility index (Phi) is 3.31. The highest BCUT2D eigenvalue weighted by atomic mass is 16.2. The van der Waals surface area contributed by atoms with E-state index in [1.807, 2.05) is 17.9 Å². The number of amides is 1. The number of likely N-dealkylation sites (tertiary alicyclic amines) is 1. The van der Waals surface area contributed by atoms with E-state index in [2.05, 4.69) is 10.2 Å². The number of carbonyl (C=O) groups is 1. The van der Waals surface area contributed by atoms with Crippen LogP contribution in [0.4, 0.5) is 0 Å². The Morgan fingerprint density at radius 2 is 2.32 bits per heavy atom. The van der Waals surface area contributed by atoms with Crippen LogP contribution in [0, 0.1) is 5.92 Å². The number of nitrogens with zero attached hydrogens (tertiary/aromatic N) is 2. The van der Waals surface area contributed by atoms with Crippen molar-refractivity contribution in [3.05, 3.63) is 17.5 Å². The molecule has 2 atom stereocenters. The zero-order valence-electron chi connectivity index (χ0n) is 11.4. The molecule has 1 saturated heterocycles. The lowest BCUT2D eigenvalue weighted by atomic mass is 9.92. The predicted molar refractivity (Wildman–Crippen MR) is 72.8 cm³/mol. The molecule has 1 aliphatic carbocycles. The second kappa shape index (κ2) is 4.96. The summed E-state index contributed by atoms with van der Waals surface area (Å²) >= 11 is 0. The van der Waals surface area contributed by atoms with Crippen LogP contribution >= 0.6 is 0 Å². The van der Waals surface area contributed by atoms with Gasteiger partial charge in [0.15, 0.2) is 0 Å². The van der Waals surface area contributed by atoms with Crippen LogP contribution in [0.1, 0.15) is 54.7 Å². The van der Waals surface area contributed by atoms with Crippen LogP contribution in [-0.4, -0.2) is 40.1 Å². The molecule has 0 spiro atoms. The quantitative estimate of drug-likeness (QED) is 0.866. The smallest absolute Gasteiger partial charge is 0.274 e. The van der Waals surface area contributed by atoms with Gasteiger partial charge in [0.2, 0.25) is 0 Å². The molecule has 1 saturated carbocycles. The van der Waals surface area contributed by atoms with Gasteiger partial charge in [-0.1, -0.05) is 0 Å². The van der Waals surface area contributed by atoms with Gasteiger partial charge in [0.05, 0.1) is 0 Å². The lowest BCUT2D eigenvalue weighted by molar-refractivity contribution is 0.0655. The first kappa shape index (κ1) is 12.7. The molecule has 3 N–H and O–H groups in total. The maximum absolute atomic E-state index is 12.4. The number of aromatic nitrogens is 2. The van der Waals surface area contributed by atoms with Crippen molar-refractivity contribution in [2.75, 3.05) is 13.1 Å². The number of hydrogen-bond acceptors (Lipinski definition) is 3. The second-order valence-corrected chi connectivity index (χ2v) is 6.00. The zero-order chi connectivity index (χ0) is 13.4. The fraction of sp³-hybridized carbons (Fsp3) is 0.714. The summed E-state index contributed by atoms with van der Waals surface area (Å²) in [4.78, 5) is 14.3. The van der Waals surface area contributed by atoms with E-state index < -0.39 is 0 Å². The first-order chi connectivity index (χ1) is 9.15. The third-order valence-electron chi connectivity index (χ3n) is 4.32. The number of aromatic amines is 1. The first-order valence-corrected chi connectivity index (χ1v) is 7.25. The molecule has 2 unspecified atom stereocenters. The summed E-state index contributed by atoms with van der Waals surface area (Å²) in [6.07, 6.45) is 4.59. The standard InChI is InChI=1S/C14H22N4O/c1-9(15)11-3-2-6-18(8-11)14(19)13-7-12(16-17-13)10-4-5-10/h7,9-11H,2-6,8,15H2,1H3,(H,16,17). The minimum atomic E-state index is 0.0495. The van der Waals surface area contributed by atoms with Crippen molar-refractivity contribution in [3.63, 3.8) is 0 Å². The van der Waals surface area contributed by atoms with Crippen LogP contribution in [0.25, 0.3) is 0 Å². The Bertz CT molecular complexity index is 464. The van der Waals surface area contributed by atoms with E-state index in [1.54, 1.807) is 0 Å². The fourth-order valence-electron chi connectivity index (χ4n) is 2.84. The summed E-state index contributed by atoms with van der Waals surface area (Å²) in [5, 5.41) is 7.17. The Hall–Kier alpha value is -1.36. The van der Waals surface area contributed by atoms with E-state index in [-0.39, 0.29) is 11.9 Å². The van der Waals surface area contributed by atoms with Crippen LogP contribution in [0.2, 0.25) is 0 Å². The fourth-order valence-corrected chi connectivity index (χ4v) is 2.84. The predicted octanol–water partition coefficient (Wildman–Crippen LogP) is 1.49. The van der Waals surface area contributed by atoms with E-state index in [0.29, 0.717) is 17.5 Å². The molecule has 5 nitrogen and oxygen atoms in total. The number of carbonyl (C=O) groups excluding carboxylic acids is 1. The Labute approximate surface area is 113 Å². The van der Waals surface area contributed by atoms with Gasteiger partial charge in [0.25, 0.3) is 5.91 Å². The molecule has 2 fully saturated rings. The molecule has 5 heteroatoms. The van der Waals surface area contributed by atoms with E-state index in [9.17, 15) is 4.79 Å². The molecular formula is C14H22N4O.